The smallest absolute Gasteiger partial charge is 0.153 e. The quantitative estimate of drug-likeness (QED) is 0.856. The van der Waals surface area contributed by atoms with Gasteiger partial charge in [-0.05, 0) is 38.3 Å². The zero-order valence-electron chi connectivity index (χ0n) is 9.62. The average molecular weight is 236 g/mol. The third-order valence-corrected chi connectivity index (χ3v) is 4.23. The molecule has 3 rings (SSSR count). The minimum absolute atomic E-state index is 0.176. The molecule has 16 heavy (non-hydrogen) atoms. The summed E-state index contributed by atoms with van der Waals surface area (Å²) in [6, 6.07) is 6.21. The molecule has 0 aromatic heterocycles. The molecule has 1 aliphatic heterocycles. The Hall–Kier alpha value is -0.670. The lowest BCUT2D eigenvalue weighted by molar-refractivity contribution is 0.147. The first-order valence-electron chi connectivity index (χ1n) is 5.70. The molecule has 1 heterocycles. The Morgan fingerprint density at radius 1 is 1.38 bits per heavy atom. The predicted octanol–water partition coefficient (Wildman–Crippen LogP) is 2.97. The monoisotopic (exact) mass is 236 g/mol. The number of aliphatic hydroxyl groups is 1. The fourth-order valence-corrected chi connectivity index (χ4v) is 3.17. The summed E-state index contributed by atoms with van der Waals surface area (Å²) in [5.41, 5.74) is 0.700. The number of hydrogen-bond donors (Lipinski definition) is 1. The largest absolute Gasteiger partial charge is 0.475 e. The first-order chi connectivity index (χ1) is 7.48. The lowest BCUT2D eigenvalue weighted by atomic mass is 10.1. The standard InChI is InChI=1S/C13H16O2S/c1-12(2)15-11-9(8-13(14)6-7-13)4-3-5-10(11)16-12/h3-5,14H,6-8H2,1-2H3. The van der Waals surface area contributed by atoms with E-state index in [1.807, 2.05) is 0 Å². The Kier molecular flexibility index (Phi) is 2.08. The maximum Gasteiger partial charge on any atom is 0.153 e. The first kappa shape index (κ1) is 10.5. The second-order valence-electron chi connectivity index (χ2n) is 5.25. The molecule has 3 heteroatoms. The first-order valence-corrected chi connectivity index (χ1v) is 6.51. The van der Waals surface area contributed by atoms with Crippen molar-refractivity contribution in [3.8, 4) is 5.75 Å². The Morgan fingerprint density at radius 2 is 2.12 bits per heavy atom. The van der Waals surface area contributed by atoms with E-state index >= 15 is 0 Å². The molecule has 1 aromatic rings. The minimum Gasteiger partial charge on any atom is -0.475 e. The Bertz CT molecular complexity index is 436. The van der Waals surface area contributed by atoms with Crippen LogP contribution in [0.2, 0.25) is 0 Å². The van der Waals surface area contributed by atoms with Crippen molar-refractivity contribution in [1.82, 2.24) is 0 Å². The van der Waals surface area contributed by atoms with Gasteiger partial charge in [0.05, 0.1) is 10.5 Å². The molecular weight excluding hydrogens is 220 g/mol. The van der Waals surface area contributed by atoms with Gasteiger partial charge in [0.1, 0.15) is 5.75 Å². The Balaban J connectivity index is 1.93. The van der Waals surface area contributed by atoms with E-state index in [0.29, 0.717) is 0 Å². The third kappa shape index (κ3) is 1.82. The van der Waals surface area contributed by atoms with E-state index in [4.69, 9.17) is 4.74 Å². The van der Waals surface area contributed by atoms with E-state index in [1.54, 1.807) is 11.8 Å². The maximum absolute atomic E-state index is 9.98. The summed E-state index contributed by atoms with van der Waals surface area (Å²) in [6.07, 6.45) is 2.58. The van der Waals surface area contributed by atoms with Crippen LogP contribution in [0.3, 0.4) is 0 Å². The second-order valence-corrected chi connectivity index (χ2v) is 6.88. The fraction of sp³-hybridized carbons (Fsp3) is 0.538. The number of benzene rings is 1. The van der Waals surface area contributed by atoms with Gasteiger partial charge in [-0.2, -0.15) is 0 Å². The van der Waals surface area contributed by atoms with Crippen LogP contribution in [0.15, 0.2) is 23.1 Å². The van der Waals surface area contributed by atoms with Crippen LogP contribution >= 0.6 is 11.8 Å². The van der Waals surface area contributed by atoms with Crippen molar-refractivity contribution in [1.29, 1.82) is 0 Å². The van der Waals surface area contributed by atoms with E-state index in [1.165, 1.54) is 4.90 Å². The van der Waals surface area contributed by atoms with Crippen LogP contribution in [0.4, 0.5) is 0 Å². The maximum atomic E-state index is 9.98. The summed E-state index contributed by atoms with van der Waals surface area (Å²) < 4.78 is 5.95. The number of para-hydroxylation sites is 1. The molecule has 0 atom stereocenters. The van der Waals surface area contributed by atoms with Crippen LogP contribution in [-0.4, -0.2) is 15.6 Å². The topological polar surface area (TPSA) is 29.5 Å². The van der Waals surface area contributed by atoms with Crippen molar-refractivity contribution >= 4 is 11.8 Å². The SMILES string of the molecule is CC1(C)Oc2c(CC3(O)CC3)cccc2S1. The lowest BCUT2D eigenvalue weighted by Crippen LogP contribution is -2.19. The molecule has 1 N–H and O–H groups in total. The molecule has 2 nitrogen and oxygen atoms in total. The zero-order chi connectivity index (χ0) is 11.4. The van der Waals surface area contributed by atoms with Crippen molar-refractivity contribution in [3.63, 3.8) is 0 Å². The van der Waals surface area contributed by atoms with Crippen molar-refractivity contribution in [2.45, 2.75) is 48.5 Å². The number of fused-ring (bicyclic) bond motifs is 1. The summed E-state index contributed by atoms with van der Waals surface area (Å²) in [7, 11) is 0. The highest BCUT2D eigenvalue weighted by molar-refractivity contribution is 8.00. The Morgan fingerprint density at radius 3 is 2.81 bits per heavy atom. The summed E-state index contributed by atoms with van der Waals surface area (Å²) >= 11 is 1.75. The van der Waals surface area contributed by atoms with Crippen molar-refractivity contribution in [2.75, 3.05) is 0 Å². The number of thioether (sulfide) groups is 1. The molecule has 1 aliphatic carbocycles. The minimum atomic E-state index is -0.449. The van der Waals surface area contributed by atoms with Crippen LogP contribution in [0, 0.1) is 0 Å². The number of hydrogen-bond acceptors (Lipinski definition) is 3. The molecule has 1 saturated carbocycles. The van der Waals surface area contributed by atoms with Gasteiger partial charge in [-0.3, -0.25) is 0 Å². The van der Waals surface area contributed by atoms with Gasteiger partial charge in [-0.15, -0.1) is 0 Å². The van der Waals surface area contributed by atoms with Crippen molar-refractivity contribution < 1.29 is 9.84 Å². The normalized spacial score (nSPS) is 23.7. The van der Waals surface area contributed by atoms with Crippen LogP contribution in [-0.2, 0) is 6.42 Å². The van der Waals surface area contributed by atoms with E-state index in [-0.39, 0.29) is 4.93 Å². The highest BCUT2D eigenvalue weighted by Crippen LogP contribution is 2.50. The molecule has 0 radical (unpaired) electrons. The molecule has 0 bridgehead atoms. The van der Waals surface area contributed by atoms with Crippen LogP contribution in [0.1, 0.15) is 32.3 Å². The average Bonchev–Trinajstić information content (AvgIpc) is 2.78. The van der Waals surface area contributed by atoms with Gasteiger partial charge in [0, 0.05) is 6.42 Å². The Labute approximate surface area is 100 Å². The second kappa shape index (κ2) is 3.17. The highest BCUT2D eigenvalue weighted by Gasteiger charge is 2.42. The molecule has 86 valence electrons. The predicted molar refractivity (Wildman–Crippen MR) is 64.9 cm³/mol. The summed E-state index contributed by atoms with van der Waals surface area (Å²) in [5, 5.41) is 9.98. The summed E-state index contributed by atoms with van der Waals surface area (Å²) in [6.45, 7) is 4.15. The molecule has 2 aliphatic rings. The van der Waals surface area contributed by atoms with Gasteiger partial charge in [0.25, 0.3) is 0 Å². The van der Waals surface area contributed by atoms with Crippen LogP contribution in [0.5, 0.6) is 5.75 Å². The molecule has 0 spiro atoms. The van der Waals surface area contributed by atoms with Crippen LogP contribution < -0.4 is 4.74 Å². The van der Waals surface area contributed by atoms with Crippen LogP contribution in [0.25, 0.3) is 0 Å². The summed E-state index contributed by atoms with van der Waals surface area (Å²) in [4.78, 5) is 1.02. The lowest BCUT2D eigenvalue weighted by Gasteiger charge is -2.17. The van der Waals surface area contributed by atoms with Crippen molar-refractivity contribution in [2.24, 2.45) is 0 Å². The molecular formula is C13H16O2S. The summed E-state index contributed by atoms with van der Waals surface area (Å²) in [5.74, 6) is 0.984. The molecule has 1 aromatic carbocycles. The molecule has 0 amide bonds. The van der Waals surface area contributed by atoms with Gasteiger partial charge < -0.3 is 9.84 Å². The number of ether oxygens (including phenoxy) is 1. The highest BCUT2D eigenvalue weighted by atomic mass is 32.2. The van der Waals surface area contributed by atoms with E-state index in [9.17, 15) is 5.11 Å². The van der Waals surface area contributed by atoms with Gasteiger partial charge in [0.2, 0.25) is 0 Å². The van der Waals surface area contributed by atoms with E-state index in [2.05, 4.69) is 32.0 Å². The van der Waals surface area contributed by atoms with Gasteiger partial charge >= 0.3 is 0 Å². The van der Waals surface area contributed by atoms with Crippen molar-refractivity contribution in [3.05, 3.63) is 23.8 Å². The fourth-order valence-electron chi connectivity index (χ4n) is 2.10. The van der Waals surface area contributed by atoms with E-state index < -0.39 is 5.60 Å². The third-order valence-electron chi connectivity index (χ3n) is 3.11. The zero-order valence-corrected chi connectivity index (χ0v) is 10.4. The number of rotatable bonds is 2. The van der Waals surface area contributed by atoms with E-state index in [0.717, 1.165) is 30.6 Å². The van der Waals surface area contributed by atoms with Gasteiger partial charge in [0.15, 0.2) is 4.93 Å². The molecule has 0 saturated heterocycles. The molecule has 0 unspecified atom stereocenters. The van der Waals surface area contributed by atoms with Gasteiger partial charge in [-0.25, -0.2) is 0 Å². The molecule has 1 fully saturated rings. The van der Waals surface area contributed by atoms with Gasteiger partial charge in [-0.1, -0.05) is 23.9 Å².